The molecule has 1 unspecified atom stereocenters. The van der Waals surface area contributed by atoms with Gasteiger partial charge >= 0.3 is 0 Å². The van der Waals surface area contributed by atoms with Gasteiger partial charge in [-0.3, -0.25) is 9.59 Å². The molecule has 1 aromatic rings. The summed E-state index contributed by atoms with van der Waals surface area (Å²) in [7, 11) is 0. The van der Waals surface area contributed by atoms with Crippen LogP contribution in [0.1, 0.15) is 25.3 Å². The predicted molar refractivity (Wildman–Crippen MR) is 112 cm³/mol. The molecule has 2 saturated heterocycles. The Labute approximate surface area is 177 Å². The summed E-state index contributed by atoms with van der Waals surface area (Å²) in [5.74, 6) is 0.179. The third kappa shape index (κ3) is 4.98. The Hall–Kier alpha value is -1.34. The highest BCUT2D eigenvalue weighted by Gasteiger charge is 2.43. The first-order valence-electron chi connectivity index (χ1n) is 9.56. The highest BCUT2D eigenvalue weighted by molar-refractivity contribution is 6.30. The number of benzene rings is 1. The van der Waals surface area contributed by atoms with Crippen molar-refractivity contribution in [2.24, 2.45) is 11.1 Å². The van der Waals surface area contributed by atoms with Crippen molar-refractivity contribution < 1.29 is 14.3 Å². The van der Waals surface area contributed by atoms with Crippen LogP contribution in [0.15, 0.2) is 24.3 Å². The van der Waals surface area contributed by atoms with Gasteiger partial charge < -0.3 is 20.3 Å². The van der Waals surface area contributed by atoms with Crippen LogP contribution in [0.3, 0.4) is 0 Å². The number of hydrogen-bond acceptors (Lipinski definition) is 4. The number of hydrogen-bond donors (Lipinski definition) is 1. The highest BCUT2D eigenvalue weighted by Crippen LogP contribution is 2.32. The second kappa shape index (κ2) is 9.92. The van der Waals surface area contributed by atoms with E-state index < -0.39 is 5.41 Å². The molecular formula is C20H29Cl2N3O3. The van der Waals surface area contributed by atoms with Gasteiger partial charge in [0.2, 0.25) is 11.8 Å². The summed E-state index contributed by atoms with van der Waals surface area (Å²) in [6, 6.07) is 7.35. The second-order valence-corrected chi connectivity index (χ2v) is 8.03. The average Bonchev–Trinajstić information content (AvgIpc) is 2.67. The highest BCUT2D eigenvalue weighted by atomic mass is 35.5. The van der Waals surface area contributed by atoms with Crippen LogP contribution in [0.5, 0.6) is 0 Å². The molecule has 156 valence electrons. The maximum Gasteiger partial charge on any atom is 0.230 e. The Balaban J connectivity index is 0.00000280. The molecule has 0 aliphatic carbocycles. The maximum atomic E-state index is 13.1. The lowest BCUT2D eigenvalue weighted by Gasteiger charge is -2.44. The van der Waals surface area contributed by atoms with Crippen LogP contribution in [0.2, 0.25) is 5.02 Å². The fraction of sp³-hybridized carbons (Fsp3) is 0.600. The van der Waals surface area contributed by atoms with Crippen molar-refractivity contribution in [2.75, 3.05) is 39.4 Å². The van der Waals surface area contributed by atoms with Crippen molar-refractivity contribution in [1.82, 2.24) is 9.80 Å². The molecule has 0 spiro atoms. The number of halogens is 2. The van der Waals surface area contributed by atoms with Crippen molar-refractivity contribution in [2.45, 2.75) is 32.2 Å². The van der Waals surface area contributed by atoms with E-state index in [9.17, 15) is 9.59 Å². The molecule has 2 amide bonds. The van der Waals surface area contributed by atoms with Gasteiger partial charge in [-0.2, -0.15) is 0 Å². The predicted octanol–water partition coefficient (Wildman–Crippen LogP) is 2.12. The topological polar surface area (TPSA) is 75.9 Å². The molecule has 1 atom stereocenters. The van der Waals surface area contributed by atoms with Crippen molar-refractivity contribution >= 4 is 35.8 Å². The van der Waals surface area contributed by atoms with Crippen LogP contribution in [0.4, 0.5) is 0 Å². The first-order chi connectivity index (χ1) is 12.9. The molecule has 2 aliphatic heterocycles. The molecule has 6 nitrogen and oxygen atoms in total. The van der Waals surface area contributed by atoms with Crippen LogP contribution in [-0.4, -0.2) is 67.0 Å². The van der Waals surface area contributed by atoms with Gasteiger partial charge in [-0.25, -0.2) is 0 Å². The molecule has 0 radical (unpaired) electrons. The van der Waals surface area contributed by atoms with E-state index >= 15 is 0 Å². The minimum atomic E-state index is -0.509. The molecule has 3 rings (SSSR count). The summed E-state index contributed by atoms with van der Waals surface area (Å²) in [5, 5.41) is 0.632. The summed E-state index contributed by atoms with van der Waals surface area (Å²) in [6.45, 7) is 5.14. The summed E-state index contributed by atoms with van der Waals surface area (Å²) in [5.41, 5.74) is 6.37. The van der Waals surface area contributed by atoms with Crippen LogP contribution in [0.25, 0.3) is 0 Å². The number of piperazine rings is 1. The molecule has 2 heterocycles. The van der Waals surface area contributed by atoms with Gasteiger partial charge in [0, 0.05) is 50.5 Å². The monoisotopic (exact) mass is 429 g/mol. The number of nitrogens with two attached hydrogens (primary N) is 1. The van der Waals surface area contributed by atoms with Gasteiger partial charge in [-0.1, -0.05) is 23.7 Å². The third-order valence-electron chi connectivity index (χ3n) is 5.77. The van der Waals surface area contributed by atoms with E-state index in [-0.39, 0.29) is 30.3 Å². The summed E-state index contributed by atoms with van der Waals surface area (Å²) >= 11 is 6.01. The molecule has 0 aromatic heterocycles. The zero-order valence-electron chi connectivity index (χ0n) is 16.2. The Morgan fingerprint density at radius 1 is 1.29 bits per heavy atom. The molecule has 2 N–H and O–H groups in total. The fourth-order valence-electron chi connectivity index (χ4n) is 4.04. The van der Waals surface area contributed by atoms with Gasteiger partial charge in [-0.15, -0.1) is 12.4 Å². The molecule has 0 bridgehead atoms. The van der Waals surface area contributed by atoms with Gasteiger partial charge in [0.25, 0.3) is 0 Å². The zero-order valence-corrected chi connectivity index (χ0v) is 17.8. The largest absolute Gasteiger partial charge is 0.381 e. The number of carbonyl (C=O) groups excluding carboxylic acids is 2. The average molecular weight is 430 g/mol. The molecule has 8 heteroatoms. The van der Waals surface area contributed by atoms with E-state index in [1.807, 2.05) is 34.9 Å². The SMILES string of the molecule is CC1CN(C(=O)C2(CN)CCOCC2)CCN1C(=O)Cc1cccc(Cl)c1.Cl. The lowest BCUT2D eigenvalue weighted by atomic mass is 9.78. The van der Waals surface area contributed by atoms with Crippen LogP contribution in [0, 0.1) is 5.41 Å². The normalized spacial score (nSPS) is 21.8. The number of ether oxygens (including phenoxy) is 1. The van der Waals surface area contributed by atoms with Crippen LogP contribution >= 0.6 is 24.0 Å². The molecule has 2 fully saturated rings. The Morgan fingerprint density at radius 3 is 2.61 bits per heavy atom. The standard InChI is InChI=1S/C20H28ClN3O3.ClH/c1-15-13-23(19(26)20(14-22)5-9-27-10-6-20)7-8-24(15)18(25)12-16-3-2-4-17(21)11-16;/h2-4,11,15H,5-10,12-14,22H2,1H3;1H. The lowest BCUT2D eigenvalue weighted by molar-refractivity contribution is -0.153. The number of nitrogens with zero attached hydrogens (tertiary/aromatic N) is 2. The van der Waals surface area contributed by atoms with E-state index in [0.29, 0.717) is 63.7 Å². The minimum absolute atomic E-state index is 0. The number of amides is 2. The Morgan fingerprint density at radius 2 is 2.00 bits per heavy atom. The quantitative estimate of drug-likeness (QED) is 0.794. The second-order valence-electron chi connectivity index (χ2n) is 7.59. The van der Waals surface area contributed by atoms with Gasteiger partial charge in [0.1, 0.15) is 0 Å². The van der Waals surface area contributed by atoms with Crippen molar-refractivity contribution in [1.29, 1.82) is 0 Å². The van der Waals surface area contributed by atoms with E-state index in [2.05, 4.69) is 0 Å². The Bertz CT molecular complexity index is 695. The first kappa shape index (κ1) is 22.9. The van der Waals surface area contributed by atoms with E-state index in [1.54, 1.807) is 6.07 Å². The molecule has 28 heavy (non-hydrogen) atoms. The minimum Gasteiger partial charge on any atom is -0.381 e. The molecule has 1 aromatic carbocycles. The number of carbonyl (C=O) groups is 2. The maximum absolute atomic E-state index is 13.1. The molecule has 2 aliphatic rings. The van der Waals surface area contributed by atoms with Gasteiger partial charge in [0.15, 0.2) is 0 Å². The fourth-order valence-corrected chi connectivity index (χ4v) is 4.25. The van der Waals surface area contributed by atoms with Crippen molar-refractivity contribution in [3.8, 4) is 0 Å². The summed E-state index contributed by atoms with van der Waals surface area (Å²) in [4.78, 5) is 29.6. The summed E-state index contributed by atoms with van der Waals surface area (Å²) in [6.07, 6.45) is 1.66. The Kier molecular flexibility index (Phi) is 8.13. The molecular weight excluding hydrogens is 401 g/mol. The van der Waals surface area contributed by atoms with Gasteiger partial charge in [0.05, 0.1) is 11.8 Å². The first-order valence-corrected chi connectivity index (χ1v) is 9.94. The number of rotatable bonds is 4. The van der Waals surface area contributed by atoms with Crippen LogP contribution < -0.4 is 5.73 Å². The van der Waals surface area contributed by atoms with Crippen molar-refractivity contribution in [3.63, 3.8) is 0 Å². The van der Waals surface area contributed by atoms with E-state index in [4.69, 9.17) is 22.1 Å². The smallest absolute Gasteiger partial charge is 0.230 e. The lowest BCUT2D eigenvalue weighted by Crippen LogP contribution is -2.60. The zero-order chi connectivity index (χ0) is 19.4. The summed E-state index contributed by atoms with van der Waals surface area (Å²) < 4.78 is 5.41. The molecule has 0 saturated carbocycles. The van der Waals surface area contributed by atoms with Crippen LogP contribution in [-0.2, 0) is 20.7 Å². The van der Waals surface area contributed by atoms with Gasteiger partial charge in [-0.05, 0) is 37.5 Å². The third-order valence-corrected chi connectivity index (χ3v) is 6.01. The van der Waals surface area contributed by atoms with Crippen molar-refractivity contribution in [3.05, 3.63) is 34.9 Å². The van der Waals surface area contributed by atoms with E-state index in [0.717, 1.165) is 5.56 Å². The van der Waals surface area contributed by atoms with E-state index in [1.165, 1.54) is 0 Å².